The fourth-order valence-corrected chi connectivity index (χ4v) is 3.36. The highest BCUT2D eigenvalue weighted by Crippen LogP contribution is 2.29. The van der Waals surface area contributed by atoms with Crippen molar-refractivity contribution in [3.8, 4) is 11.5 Å². The summed E-state index contributed by atoms with van der Waals surface area (Å²) in [6, 6.07) is 10.7. The first-order valence-electron chi connectivity index (χ1n) is 5.96. The van der Waals surface area contributed by atoms with Gasteiger partial charge < -0.3 is 9.47 Å². The van der Waals surface area contributed by atoms with Gasteiger partial charge in [-0.2, -0.15) is 0 Å². The molecule has 2 aromatic carbocycles. The molecule has 0 aliphatic heterocycles. The molecular weight excluding hydrogens is 468 g/mol. The average molecular weight is 479 g/mol. The van der Waals surface area contributed by atoms with Gasteiger partial charge in [0.1, 0.15) is 11.5 Å². The van der Waals surface area contributed by atoms with E-state index >= 15 is 0 Å². The monoisotopic (exact) mass is 476 g/mol. The van der Waals surface area contributed by atoms with Crippen LogP contribution in [0.4, 0.5) is 0 Å². The van der Waals surface area contributed by atoms with Crippen LogP contribution in [0.1, 0.15) is 10.4 Å². The van der Waals surface area contributed by atoms with Gasteiger partial charge in [-0.1, -0.05) is 15.9 Å². The number of halogens is 3. The number of hydrogen-bond donors (Lipinski definition) is 0. The molecule has 6 heteroatoms. The second-order valence-electron chi connectivity index (χ2n) is 4.14. The lowest BCUT2D eigenvalue weighted by molar-refractivity contribution is 0.0921. The zero-order valence-electron chi connectivity index (χ0n) is 11.0. The molecule has 0 aromatic heterocycles. The molecule has 0 aliphatic carbocycles. The summed E-state index contributed by atoms with van der Waals surface area (Å²) >= 11 is 10.1. The molecule has 2 aromatic rings. The van der Waals surface area contributed by atoms with E-state index in [-0.39, 0.29) is 12.4 Å². The van der Waals surface area contributed by atoms with E-state index in [2.05, 4.69) is 47.8 Å². The Balaban J connectivity index is 2.06. The predicted molar refractivity (Wildman–Crippen MR) is 92.4 cm³/mol. The topological polar surface area (TPSA) is 35.5 Å². The number of Topliss-reactive ketones (excluding diaryl/α,β-unsaturated/α-hetero) is 1. The third-order valence-electron chi connectivity index (χ3n) is 2.73. The Morgan fingerprint density at radius 3 is 2.29 bits per heavy atom. The van der Waals surface area contributed by atoms with Crippen molar-refractivity contribution in [3.63, 3.8) is 0 Å². The van der Waals surface area contributed by atoms with Crippen molar-refractivity contribution in [1.82, 2.24) is 0 Å². The third-order valence-corrected chi connectivity index (χ3v) is 4.46. The van der Waals surface area contributed by atoms with Crippen LogP contribution in [0.15, 0.2) is 49.8 Å². The molecule has 0 N–H and O–H groups in total. The minimum Gasteiger partial charge on any atom is -0.496 e. The largest absolute Gasteiger partial charge is 0.496 e. The average Bonchev–Trinajstić information content (AvgIpc) is 2.46. The molecule has 3 nitrogen and oxygen atoms in total. The first kappa shape index (κ1) is 16.5. The summed E-state index contributed by atoms with van der Waals surface area (Å²) in [6.07, 6.45) is 0. The quantitative estimate of drug-likeness (QED) is 0.551. The van der Waals surface area contributed by atoms with Crippen molar-refractivity contribution in [1.29, 1.82) is 0 Å². The SMILES string of the molecule is COc1ccc(C(=O)COc2ccc(Br)cc2Br)cc1Br. The lowest BCUT2D eigenvalue weighted by Crippen LogP contribution is -2.11. The Bertz CT molecular complexity index is 671. The van der Waals surface area contributed by atoms with Crippen molar-refractivity contribution in [2.75, 3.05) is 13.7 Å². The van der Waals surface area contributed by atoms with E-state index in [1.165, 1.54) is 0 Å². The highest BCUT2D eigenvalue weighted by molar-refractivity contribution is 9.11. The van der Waals surface area contributed by atoms with Gasteiger partial charge in [0.15, 0.2) is 12.4 Å². The molecule has 2 rings (SSSR count). The van der Waals surface area contributed by atoms with Crippen LogP contribution in [0.3, 0.4) is 0 Å². The molecule has 110 valence electrons. The van der Waals surface area contributed by atoms with E-state index in [0.717, 1.165) is 13.4 Å². The van der Waals surface area contributed by atoms with Crippen molar-refractivity contribution in [2.24, 2.45) is 0 Å². The predicted octanol–water partition coefficient (Wildman–Crippen LogP) is 5.24. The van der Waals surface area contributed by atoms with Gasteiger partial charge in [-0.3, -0.25) is 4.79 Å². The standard InChI is InChI=1S/C15H11Br3O3/c1-20-14-4-2-9(6-11(14)17)13(19)8-21-15-5-3-10(16)7-12(15)18/h2-7H,8H2,1H3. The number of carbonyl (C=O) groups is 1. The summed E-state index contributed by atoms with van der Waals surface area (Å²) < 4.78 is 13.1. The smallest absolute Gasteiger partial charge is 0.200 e. The molecule has 0 fully saturated rings. The van der Waals surface area contributed by atoms with E-state index in [4.69, 9.17) is 9.47 Å². The second kappa shape index (κ2) is 7.42. The molecule has 0 amide bonds. The molecule has 0 atom stereocenters. The summed E-state index contributed by atoms with van der Waals surface area (Å²) in [5.41, 5.74) is 0.566. The van der Waals surface area contributed by atoms with E-state index in [9.17, 15) is 4.79 Å². The normalized spacial score (nSPS) is 10.3. The maximum Gasteiger partial charge on any atom is 0.200 e. The molecule has 0 heterocycles. The van der Waals surface area contributed by atoms with Crippen molar-refractivity contribution >= 4 is 53.6 Å². The van der Waals surface area contributed by atoms with Crippen LogP contribution in [-0.2, 0) is 0 Å². The molecule has 0 spiro atoms. The summed E-state index contributed by atoms with van der Waals surface area (Å²) in [6.45, 7) is -0.0288. The minimum atomic E-state index is -0.104. The molecule has 0 bridgehead atoms. The summed E-state index contributed by atoms with van der Waals surface area (Å²) in [5.74, 6) is 1.20. The first-order chi connectivity index (χ1) is 10.0. The number of hydrogen-bond acceptors (Lipinski definition) is 3. The summed E-state index contributed by atoms with van der Waals surface area (Å²) in [5, 5.41) is 0. The number of benzene rings is 2. The van der Waals surface area contributed by atoms with Crippen molar-refractivity contribution in [2.45, 2.75) is 0 Å². The zero-order valence-corrected chi connectivity index (χ0v) is 15.8. The zero-order chi connectivity index (χ0) is 15.4. The van der Waals surface area contributed by atoms with Gasteiger partial charge in [0.25, 0.3) is 0 Å². The number of ketones is 1. The number of ether oxygens (including phenoxy) is 2. The Labute approximate surface area is 148 Å². The number of carbonyl (C=O) groups excluding carboxylic acids is 1. The number of methoxy groups -OCH3 is 1. The molecule has 0 aliphatic rings. The summed E-state index contributed by atoms with van der Waals surface area (Å²) in [7, 11) is 1.58. The van der Waals surface area contributed by atoms with Gasteiger partial charge in [-0.25, -0.2) is 0 Å². The van der Waals surface area contributed by atoms with Crippen LogP contribution < -0.4 is 9.47 Å². The van der Waals surface area contributed by atoms with Gasteiger partial charge in [-0.15, -0.1) is 0 Å². The van der Waals surface area contributed by atoms with Gasteiger partial charge in [0.2, 0.25) is 0 Å². The van der Waals surface area contributed by atoms with Gasteiger partial charge in [0.05, 0.1) is 16.1 Å². The van der Waals surface area contributed by atoms with E-state index < -0.39 is 0 Å². The number of rotatable bonds is 5. The fourth-order valence-electron chi connectivity index (χ4n) is 1.66. The van der Waals surface area contributed by atoms with Crippen molar-refractivity contribution in [3.05, 3.63) is 55.4 Å². The second-order valence-corrected chi connectivity index (χ2v) is 6.76. The summed E-state index contributed by atoms with van der Waals surface area (Å²) in [4.78, 5) is 12.1. The first-order valence-corrected chi connectivity index (χ1v) is 8.33. The third kappa shape index (κ3) is 4.31. The molecule has 0 saturated carbocycles. The minimum absolute atomic E-state index is 0.0288. The van der Waals surface area contributed by atoms with Crippen LogP contribution in [-0.4, -0.2) is 19.5 Å². The van der Waals surface area contributed by atoms with E-state index in [0.29, 0.717) is 17.1 Å². The molecule has 0 unspecified atom stereocenters. The Morgan fingerprint density at radius 2 is 1.67 bits per heavy atom. The lowest BCUT2D eigenvalue weighted by atomic mass is 10.1. The highest BCUT2D eigenvalue weighted by atomic mass is 79.9. The Hall–Kier alpha value is -0.850. The van der Waals surface area contributed by atoms with Crippen LogP contribution in [0.5, 0.6) is 11.5 Å². The van der Waals surface area contributed by atoms with Crippen LogP contribution in [0.25, 0.3) is 0 Å². The van der Waals surface area contributed by atoms with E-state index in [1.807, 2.05) is 12.1 Å². The van der Waals surface area contributed by atoms with Crippen molar-refractivity contribution < 1.29 is 14.3 Å². The maximum atomic E-state index is 12.1. The van der Waals surface area contributed by atoms with Gasteiger partial charge >= 0.3 is 0 Å². The van der Waals surface area contributed by atoms with Gasteiger partial charge in [0, 0.05) is 10.0 Å². The Morgan fingerprint density at radius 1 is 1.00 bits per heavy atom. The van der Waals surface area contributed by atoms with Crippen LogP contribution >= 0.6 is 47.8 Å². The van der Waals surface area contributed by atoms with Crippen LogP contribution in [0.2, 0.25) is 0 Å². The van der Waals surface area contributed by atoms with E-state index in [1.54, 1.807) is 31.4 Å². The fraction of sp³-hybridized carbons (Fsp3) is 0.133. The maximum absolute atomic E-state index is 12.1. The molecular formula is C15H11Br3O3. The molecule has 21 heavy (non-hydrogen) atoms. The van der Waals surface area contributed by atoms with Gasteiger partial charge in [-0.05, 0) is 68.3 Å². The highest BCUT2D eigenvalue weighted by Gasteiger charge is 2.11. The van der Waals surface area contributed by atoms with Crippen LogP contribution in [0, 0.1) is 0 Å². The Kier molecular flexibility index (Phi) is 5.84. The molecule has 0 saturated heterocycles. The molecule has 0 radical (unpaired) electrons. The lowest BCUT2D eigenvalue weighted by Gasteiger charge is -2.09.